The number of urea groups is 1. The molecule has 0 spiro atoms. The van der Waals surface area contributed by atoms with Gasteiger partial charge in [-0.3, -0.25) is 0 Å². The lowest BCUT2D eigenvalue weighted by Gasteiger charge is -2.28. The molecule has 5 nitrogen and oxygen atoms in total. The van der Waals surface area contributed by atoms with Crippen LogP contribution >= 0.6 is 11.3 Å². The summed E-state index contributed by atoms with van der Waals surface area (Å²) in [6.07, 6.45) is 0.367. The quantitative estimate of drug-likeness (QED) is 0.843. The first-order chi connectivity index (χ1) is 8.95. The van der Waals surface area contributed by atoms with Gasteiger partial charge < -0.3 is 15.3 Å². The molecule has 2 amide bonds. The second-order valence-corrected chi connectivity index (χ2v) is 5.58. The Morgan fingerprint density at radius 3 is 2.58 bits per heavy atom. The Kier molecular flexibility index (Phi) is 5.82. The van der Waals surface area contributed by atoms with Crippen molar-refractivity contribution in [3.63, 3.8) is 0 Å². The summed E-state index contributed by atoms with van der Waals surface area (Å²) in [6.45, 7) is 6.05. The second-order valence-electron chi connectivity index (χ2n) is 4.55. The van der Waals surface area contributed by atoms with Crippen LogP contribution in [0.3, 0.4) is 0 Å². The molecule has 1 aromatic rings. The number of carboxylic acid groups (broad SMARTS) is 1. The SMILES string of the molecule is CC[C@@H](NC(=O)N(Cc1cccs1)C(C)C)C(=O)O. The Morgan fingerprint density at radius 2 is 2.16 bits per heavy atom. The number of carbonyl (C=O) groups excluding carboxylic acids is 1. The molecule has 0 bridgehead atoms. The number of thiophene rings is 1. The average molecular weight is 284 g/mol. The van der Waals surface area contributed by atoms with Gasteiger partial charge in [0.05, 0.1) is 6.54 Å². The van der Waals surface area contributed by atoms with Crippen LogP contribution < -0.4 is 5.32 Å². The van der Waals surface area contributed by atoms with Gasteiger partial charge in [0.15, 0.2) is 0 Å². The standard InChI is InChI=1S/C13H20N2O3S/c1-4-11(12(16)17)14-13(18)15(9(2)3)8-10-6-5-7-19-10/h5-7,9,11H,4,8H2,1-3H3,(H,14,18)(H,16,17)/t11-/m1/s1. The number of aliphatic carboxylic acids is 1. The van der Waals surface area contributed by atoms with Gasteiger partial charge in [0.2, 0.25) is 0 Å². The van der Waals surface area contributed by atoms with Crippen molar-refractivity contribution in [2.75, 3.05) is 0 Å². The van der Waals surface area contributed by atoms with Crippen LogP contribution in [0.2, 0.25) is 0 Å². The zero-order valence-electron chi connectivity index (χ0n) is 11.4. The molecular formula is C13H20N2O3S. The molecule has 0 fully saturated rings. The lowest BCUT2D eigenvalue weighted by molar-refractivity contribution is -0.139. The molecule has 19 heavy (non-hydrogen) atoms. The van der Waals surface area contributed by atoms with E-state index in [0.717, 1.165) is 4.88 Å². The zero-order valence-corrected chi connectivity index (χ0v) is 12.2. The number of amides is 2. The van der Waals surface area contributed by atoms with Gasteiger partial charge in [-0.2, -0.15) is 0 Å². The van der Waals surface area contributed by atoms with Crippen LogP contribution in [0.15, 0.2) is 17.5 Å². The van der Waals surface area contributed by atoms with Crippen LogP contribution in [-0.4, -0.2) is 34.1 Å². The third kappa shape index (κ3) is 4.55. The molecule has 1 heterocycles. The van der Waals surface area contributed by atoms with E-state index in [1.165, 1.54) is 0 Å². The van der Waals surface area contributed by atoms with E-state index in [0.29, 0.717) is 13.0 Å². The van der Waals surface area contributed by atoms with Crippen LogP contribution in [-0.2, 0) is 11.3 Å². The molecule has 0 aliphatic carbocycles. The van der Waals surface area contributed by atoms with Crippen LogP contribution in [0, 0.1) is 0 Å². The predicted octanol–water partition coefficient (Wildman–Crippen LogP) is 2.53. The van der Waals surface area contributed by atoms with Crippen LogP contribution in [0.25, 0.3) is 0 Å². The van der Waals surface area contributed by atoms with E-state index in [4.69, 9.17) is 5.11 Å². The molecule has 1 rings (SSSR count). The maximum Gasteiger partial charge on any atom is 0.326 e. The highest BCUT2D eigenvalue weighted by Gasteiger charge is 2.23. The summed E-state index contributed by atoms with van der Waals surface area (Å²) < 4.78 is 0. The van der Waals surface area contributed by atoms with Crippen LogP contribution in [0.4, 0.5) is 4.79 Å². The Bertz CT molecular complexity index is 418. The van der Waals surface area contributed by atoms with Gasteiger partial charge in [0.25, 0.3) is 0 Å². The third-order valence-corrected chi connectivity index (χ3v) is 3.66. The minimum Gasteiger partial charge on any atom is -0.480 e. The lowest BCUT2D eigenvalue weighted by Crippen LogP contribution is -2.49. The van der Waals surface area contributed by atoms with Crippen molar-refractivity contribution < 1.29 is 14.7 Å². The van der Waals surface area contributed by atoms with Crippen molar-refractivity contribution in [2.45, 2.75) is 45.8 Å². The summed E-state index contributed by atoms with van der Waals surface area (Å²) in [7, 11) is 0. The van der Waals surface area contributed by atoms with Gasteiger partial charge in [-0.1, -0.05) is 13.0 Å². The smallest absolute Gasteiger partial charge is 0.326 e. The number of nitrogens with one attached hydrogen (secondary N) is 1. The molecule has 1 aromatic heterocycles. The van der Waals surface area contributed by atoms with Crippen LogP contribution in [0.5, 0.6) is 0 Å². The summed E-state index contributed by atoms with van der Waals surface area (Å²) >= 11 is 1.58. The van der Waals surface area contributed by atoms with E-state index in [2.05, 4.69) is 5.32 Å². The van der Waals surface area contributed by atoms with Gasteiger partial charge in [0, 0.05) is 10.9 Å². The molecule has 106 valence electrons. The summed E-state index contributed by atoms with van der Waals surface area (Å²) in [5, 5.41) is 13.5. The van der Waals surface area contributed by atoms with E-state index < -0.39 is 12.0 Å². The predicted molar refractivity (Wildman–Crippen MR) is 75.2 cm³/mol. The highest BCUT2D eigenvalue weighted by Crippen LogP contribution is 2.14. The number of carboxylic acids is 1. The molecule has 2 N–H and O–H groups in total. The first-order valence-corrected chi connectivity index (χ1v) is 7.16. The van der Waals surface area contributed by atoms with Crippen molar-refractivity contribution >= 4 is 23.3 Å². The van der Waals surface area contributed by atoms with E-state index >= 15 is 0 Å². The Labute approximate surface area is 117 Å². The molecule has 0 unspecified atom stereocenters. The molecule has 0 saturated carbocycles. The van der Waals surface area contributed by atoms with E-state index in [-0.39, 0.29) is 12.1 Å². The number of hydrogen-bond acceptors (Lipinski definition) is 3. The molecule has 0 radical (unpaired) electrons. The van der Waals surface area contributed by atoms with Gasteiger partial charge in [0.1, 0.15) is 6.04 Å². The monoisotopic (exact) mass is 284 g/mol. The molecule has 0 aliphatic heterocycles. The van der Waals surface area contributed by atoms with E-state index in [1.807, 2.05) is 31.4 Å². The summed E-state index contributed by atoms with van der Waals surface area (Å²) in [6, 6.07) is 2.73. The molecular weight excluding hydrogens is 264 g/mol. The number of hydrogen-bond donors (Lipinski definition) is 2. The number of carbonyl (C=O) groups is 2. The average Bonchev–Trinajstić information content (AvgIpc) is 2.84. The van der Waals surface area contributed by atoms with E-state index in [9.17, 15) is 9.59 Å². The van der Waals surface area contributed by atoms with Gasteiger partial charge in [-0.05, 0) is 31.7 Å². The fourth-order valence-electron chi connectivity index (χ4n) is 1.63. The summed E-state index contributed by atoms with van der Waals surface area (Å²) in [4.78, 5) is 25.8. The first kappa shape index (κ1) is 15.5. The normalized spacial score (nSPS) is 12.2. The summed E-state index contributed by atoms with van der Waals surface area (Å²) in [5.74, 6) is -1.00. The Hall–Kier alpha value is -1.56. The molecule has 1 atom stereocenters. The third-order valence-electron chi connectivity index (χ3n) is 2.79. The molecule has 0 aliphatic rings. The molecule has 0 saturated heterocycles. The fourth-order valence-corrected chi connectivity index (χ4v) is 2.33. The molecule has 0 aromatic carbocycles. The second kappa shape index (κ2) is 7.13. The topological polar surface area (TPSA) is 69.6 Å². The molecule has 6 heteroatoms. The van der Waals surface area contributed by atoms with Crippen molar-refractivity contribution in [2.24, 2.45) is 0 Å². The highest BCUT2D eigenvalue weighted by atomic mass is 32.1. The lowest BCUT2D eigenvalue weighted by atomic mass is 10.2. The maximum atomic E-state index is 12.1. The van der Waals surface area contributed by atoms with Crippen molar-refractivity contribution in [1.82, 2.24) is 10.2 Å². The zero-order chi connectivity index (χ0) is 14.4. The van der Waals surface area contributed by atoms with E-state index in [1.54, 1.807) is 23.2 Å². The van der Waals surface area contributed by atoms with Gasteiger partial charge >= 0.3 is 12.0 Å². The van der Waals surface area contributed by atoms with Gasteiger partial charge in [-0.25, -0.2) is 9.59 Å². The minimum atomic E-state index is -1.00. The number of rotatable bonds is 6. The Morgan fingerprint density at radius 1 is 1.47 bits per heavy atom. The Balaban J connectivity index is 2.70. The number of nitrogens with zero attached hydrogens (tertiary/aromatic N) is 1. The maximum absolute atomic E-state index is 12.1. The first-order valence-electron chi connectivity index (χ1n) is 6.28. The summed E-state index contributed by atoms with van der Waals surface area (Å²) in [5.41, 5.74) is 0. The minimum absolute atomic E-state index is 0.00778. The largest absolute Gasteiger partial charge is 0.480 e. The highest BCUT2D eigenvalue weighted by molar-refractivity contribution is 7.09. The van der Waals surface area contributed by atoms with Crippen molar-refractivity contribution in [3.8, 4) is 0 Å². The van der Waals surface area contributed by atoms with Crippen LogP contribution in [0.1, 0.15) is 32.1 Å². The van der Waals surface area contributed by atoms with Gasteiger partial charge in [-0.15, -0.1) is 11.3 Å². The van der Waals surface area contributed by atoms with Crippen molar-refractivity contribution in [1.29, 1.82) is 0 Å². The fraction of sp³-hybridized carbons (Fsp3) is 0.538. The van der Waals surface area contributed by atoms with Crippen molar-refractivity contribution in [3.05, 3.63) is 22.4 Å².